The van der Waals surface area contributed by atoms with Gasteiger partial charge in [-0.1, -0.05) is 47.0 Å². The van der Waals surface area contributed by atoms with E-state index in [9.17, 15) is 4.79 Å². The Kier molecular flexibility index (Phi) is 4.21. The van der Waals surface area contributed by atoms with E-state index in [1.807, 2.05) is 42.3 Å². The summed E-state index contributed by atoms with van der Waals surface area (Å²) in [6, 6.07) is 9.85. The predicted molar refractivity (Wildman–Crippen MR) is 73.5 cm³/mol. The van der Waals surface area contributed by atoms with Crippen LogP contribution in [0.1, 0.15) is 36.0 Å². The molecule has 3 heteroatoms. The lowest BCUT2D eigenvalue weighted by molar-refractivity contribution is 0.0705. The van der Waals surface area contributed by atoms with Gasteiger partial charge in [-0.25, -0.2) is 0 Å². The van der Waals surface area contributed by atoms with Gasteiger partial charge in [-0.2, -0.15) is 0 Å². The summed E-state index contributed by atoms with van der Waals surface area (Å²) in [4.78, 5) is 14.6. The van der Waals surface area contributed by atoms with Crippen molar-refractivity contribution in [3.63, 3.8) is 0 Å². The third-order valence-electron chi connectivity index (χ3n) is 3.49. The maximum Gasteiger partial charge on any atom is 0.253 e. The maximum absolute atomic E-state index is 12.3. The first-order chi connectivity index (χ1) is 8.20. The second kappa shape index (κ2) is 5.67. The standard InChI is InChI=1S/C14H18BrNO/c1-16(13-10-6-5-9-12(13)15)14(17)11-7-3-2-4-8-11/h2-4,7-8,12-13H,5-6,9-10H2,1H3. The second-order valence-electron chi connectivity index (χ2n) is 4.65. The largest absolute Gasteiger partial charge is 0.338 e. The normalized spacial score (nSPS) is 24.4. The number of hydrogen-bond acceptors (Lipinski definition) is 1. The molecule has 0 spiro atoms. The Hall–Kier alpha value is -0.830. The van der Waals surface area contributed by atoms with Gasteiger partial charge in [0.15, 0.2) is 0 Å². The molecule has 0 aliphatic heterocycles. The molecule has 0 N–H and O–H groups in total. The predicted octanol–water partition coefficient (Wildman–Crippen LogP) is 3.46. The van der Waals surface area contributed by atoms with Gasteiger partial charge in [0.1, 0.15) is 0 Å². The molecule has 1 amide bonds. The van der Waals surface area contributed by atoms with Gasteiger partial charge in [0.25, 0.3) is 5.91 Å². The fourth-order valence-corrected chi connectivity index (χ4v) is 3.38. The van der Waals surface area contributed by atoms with Gasteiger partial charge >= 0.3 is 0 Å². The highest BCUT2D eigenvalue weighted by molar-refractivity contribution is 9.09. The zero-order valence-electron chi connectivity index (χ0n) is 10.1. The van der Waals surface area contributed by atoms with E-state index in [1.54, 1.807) is 0 Å². The molecule has 2 unspecified atom stereocenters. The van der Waals surface area contributed by atoms with Crippen molar-refractivity contribution in [3.05, 3.63) is 35.9 Å². The van der Waals surface area contributed by atoms with Crippen molar-refractivity contribution in [1.82, 2.24) is 4.90 Å². The molecule has 0 radical (unpaired) electrons. The number of carbonyl (C=O) groups is 1. The molecule has 1 aromatic carbocycles. The van der Waals surface area contributed by atoms with Crippen molar-refractivity contribution in [2.75, 3.05) is 7.05 Å². The number of nitrogens with zero attached hydrogens (tertiary/aromatic N) is 1. The minimum absolute atomic E-state index is 0.127. The molecule has 1 aliphatic carbocycles. The molecule has 1 aromatic rings. The maximum atomic E-state index is 12.3. The average Bonchev–Trinajstić information content (AvgIpc) is 2.39. The molecule has 0 aromatic heterocycles. The number of carbonyl (C=O) groups excluding carboxylic acids is 1. The first-order valence-electron chi connectivity index (χ1n) is 6.16. The van der Waals surface area contributed by atoms with Crippen LogP contribution in [0.25, 0.3) is 0 Å². The average molecular weight is 296 g/mol. The van der Waals surface area contributed by atoms with E-state index in [1.165, 1.54) is 12.8 Å². The van der Waals surface area contributed by atoms with E-state index < -0.39 is 0 Å². The number of alkyl halides is 1. The Morgan fingerprint density at radius 3 is 2.53 bits per heavy atom. The van der Waals surface area contributed by atoms with Gasteiger partial charge in [-0.15, -0.1) is 0 Å². The van der Waals surface area contributed by atoms with Crippen molar-refractivity contribution in [1.29, 1.82) is 0 Å². The highest BCUT2D eigenvalue weighted by Gasteiger charge is 2.29. The first-order valence-corrected chi connectivity index (χ1v) is 7.08. The molecule has 2 nitrogen and oxygen atoms in total. The summed E-state index contributed by atoms with van der Waals surface area (Å²) in [5.74, 6) is 0.127. The van der Waals surface area contributed by atoms with Crippen LogP contribution in [-0.4, -0.2) is 28.7 Å². The summed E-state index contributed by atoms with van der Waals surface area (Å²) >= 11 is 3.70. The summed E-state index contributed by atoms with van der Waals surface area (Å²) < 4.78 is 0. The van der Waals surface area contributed by atoms with Crippen LogP contribution in [0.4, 0.5) is 0 Å². The molecule has 2 atom stereocenters. The number of halogens is 1. The Labute approximate surface area is 111 Å². The van der Waals surface area contributed by atoms with Crippen molar-refractivity contribution in [2.24, 2.45) is 0 Å². The number of hydrogen-bond donors (Lipinski definition) is 0. The van der Waals surface area contributed by atoms with E-state index in [2.05, 4.69) is 15.9 Å². The summed E-state index contributed by atoms with van der Waals surface area (Å²) in [5.41, 5.74) is 0.778. The van der Waals surface area contributed by atoms with Crippen LogP contribution in [0, 0.1) is 0 Å². The fourth-order valence-electron chi connectivity index (χ4n) is 2.44. The van der Waals surface area contributed by atoms with Crippen molar-refractivity contribution in [2.45, 2.75) is 36.6 Å². The van der Waals surface area contributed by atoms with Crippen LogP contribution in [0.5, 0.6) is 0 Å². The lowest BCUT2D eigenvalue weighted by atomic mass is 9.94. The molecular formula is C14H18BrNO. The Morgan fingerprint density at radius 2 is 1.88 bits per heavy atom. The van der Waals surface area contributed by atoms with Crippen LogP contribution in [0.2, 0.25) is 0 Å². The van der Waals surface area contributed by atoms with Crippen molar-refractivity contribution >= 4 is 21.8 Å². The highest BCUT2D eigenvalue weighted by atomic mass is 79.9. The fraction of sp³-hybridized carbons (Fsp3) is 0.500. The molecule has 0 heterocycles. The lowest BCUT2D eigenvalue weighted by Gasteiger charge is -2.35. The van der Waals surface area contributed by atoms with E-state index in [0.29, 0.717) is 10.9 Å². The van der Waals surface area contributed by atoms with Crippen LogP contribution >= 0.6 is 15.9 Å². The Morgan fingerprint density at radius 1 is 1.24 bits per heavy atom. The zero-order chi connectivity index (χ0) is 12.3. The van der Waals surface area contributed by atoms with E-state index in [-0.39, 0.29) is 5.91 Å². The molecule has 0 bridgehead atoms. The van der Waals surface area contributed by atoms with Gasteiger partial charge < -0.3 is 4.90 Å². The van der Waals surface area contributed by atoms with Crippen molar-refractivity contribution < 1.29 is 4.79 Å². The van der Waals surface area contributed by atoms with Gasteiger partial charge in [-0.3, -0.25) is 4.79 Å². The smallest absolute Gasteiger partial charge is 0.253 e. The Bertz CT molecular complexity index is 379. The second-order valence-corrected chi connectivity index (χ2v) is 5.83. The van der Waals surface area contributed by atoms with Crippen LogP contribution in [0.15, 0.2) is 30.3 Å². The van der Waals surface area contributed by atoms with Gasteiger partial charge in [0.2, 0.25) is 0 Å². The van der Waals surface area contributed by atoms with Gasteiger partial charge in [0, 0.05) is 23.5 Å². The number of rotatable bonds is 2. The summed E-state index contributed by atoms with van der Waals surface area (Å²) in [6.45, 7) is 0. The lowest BCUT2D eigenvalue weighted by Crippen LogP contribution is -2.44. The Balaban J connectivity index is 2.09. The van der Waals surface area contributed by atoms with E-state index >= 15 is 0 Å². The van der Waals surface area contributed by atoms with E-state index in [0.717, 1.165) is 18.4 Å². The van der Waals surface area contributed by atoms with Crippen LogP contribution in [-0.2, 0) is 0 Å². The topological polar surface area (TPSA) is 20.3 Å². The highest BCUT2D eigenvalue weighted by Crippen LogP contribution is 2.28. The third kappa shape index (κ3) is 2.89. The van der Waals surface area contributed by atoms with Crippen LogP contribution in [0.3, 0.4) is 0 Å². The number of amides is 1. The monoisotopic (exact) mass is 295 g/mol. The van der Waals surface area contributed by atoms with Gasteiger partial charge in [-0.05, 0) is 25.0 Å². The molecule has 1 aliphatic rings. The minimum atomic E-state index is 0.127. The summed E-state index contributed by atoms with van der Waals surface area (Å²) in [7, 11) is 1.92. The van der Waals surface area contributed by atoms with Crippen LogP contribution < -0.4 is 0 Å². The van der Waals surface area contributed by atoms with Crippen molar-refractivity contribution in [3.8, 4) is 0 Å². The molecule has 0 saturated heterocycles. The summed E-state index contributed by atoms with van der Waals surface area (Å²) in [6.07, 6.45) is 4.75. The minimum Gasteiger partial charge on any atom is -0.338 e. The molecule has 1 saturated carbocycles. The molecule has 2 rings (SSSR count). The summed E-state index contributed by atoms with van der Waals surface area (Å²) in [5, 5.41) is 0. The van der Waals surface area contributed by atoms with Gasteiger partial charge in [0.05, 0.1) is 0 Å². The SMILES string of the molecule is CN(C(=O)c1ccccc1)C1CCCCC1Br. The third-order valence-corrected chi connectivity index (χ3v) is 4.55. The molecular weight excluding hydrogens is 278 g/mol. The molecule has 1 fully saturated rings. The quantitative estimate of drug-likeness (QED) is 0.765. The van der Waals surface area contributed by atoms with E-state index in [4.69, 9.17) is 0 Å². The molecule has 17 heavy (non-hydrogen) atoms. The zero-order valence-corrected chi connectivity index (χ0v) is 11.7. The molecule has 92 valence electrons. The first kappa shape index (κ1) is 12.6. The number of benzene rings is 1.